The molecule has 0 unspecified atom stereocenters. The van der Waals surface area contributed by atoms with Crippen LogP contribution in [0.2, 0.25) is 0 Å². The van der Waals surface area contributed by atoms with Crippen LogP contribution in [0.15, 0.2) is 26.0 Å². The van der Waals surface area contributed by atoms with Crippen molar-refractivity contribution in [2.75, 3.05) is 13.2 Å². The Bertz CT molecular complexity index is 488. The van der Waals surface area contributed by atoms with Crippen LogP contribution < -0.4 is 4.72 Å². The first-order chi connectivity index (χ1) is 7.38. The first-order valence-corrected chi connectivity index (χ1v) is 7.51. The van der Waals surface area contributed by atoms with Crippen molar-refractivity contribution in [2.45, 2.75) is 11.8 Å². The van der Waals surface area contributed by atoms with Crippen LogP contribution >= 0.6 is 31.9 Å². The topological polar surface area (TPSA) is 66.4 Å². The standard InChI is InChI=1S/C9H11Br2NO3S/c1-6-4-9(8(11)5-7(6)10)16(14,15)12-2-3-13/h4-5,12-13H,2-3H2,1H3. The van der Waals surface area contributed by atoms with Gasteiger partial charge in [0.05, 0.1) is 11.5 Å². The van der Waals surface area contributed by atoms with Crippen LogP contribution in [-0.2, 0) is 10.0 Å². The van der Waals surface area contributed by atoms with Crippen molar-refractivity contribution in [3.63, 3.8) is 0 Å². The van der Waals surface area contributed by atoms with E-state index in [1.54, 1.807) is 12.1 Å². The summed E-state index contributed by atoms with van der Waals surface area (Å²) < 4.78 is 27.2. The molecule has 0 bridgehead atoms. The Hall–Kier alpha value is 0.0500. The van der Waals surface area contributed by atoms with Crippen molar-refractivity contribution in [2.24, 2.45) is 0 Å². The summed E-state index contributed by atoms with van der Waals surface area (Å²) in [5.41, 5.74) is 0.826. The lowest BCUT2D eigenvalue weighted by Crippen LogP contribution is -2.27. The lowest BCUT2D eigenvalue weighted by Gasteiger charge is -2.09. The van der Waals surface area contributed by atoms with Gasteiger partial charge in [0, 0.05) is 15.5 Å². The van der Waals surface area contributed by atoms with Crippen LogP contribution in [0.5, 0.6) is 0 Å². The summed E-state index contributed by atoms with van der Waals surface area (Å²) in [4.78, 5) is 0.168. The Labute approximate surface area is 111 Å². The van der Waals surface area contributed by atoms with Gasteiger partial charge < -0.3 is 5.11 Å². The Morgan fingerprint density at radius 3 is 2.50 bits per heavy atom. The zero-order valence-electron chi connectivity index (χ0n) is 8.50. The Morgan fingerprint density at radius 2 is 1.94 bits per heavy atom. The minimum Gasteiger partial charge on any atom is -0.395 e. The van der Waals surface area contributed by atoms with Gasteiger partial charge >= 0.3 is 0 Å². The number of sulfonamides is 1. The minimum absolute atomic E-state index is 0.00385. The second-order valence-electron chi connectivity index (χ2n) is 3.15. The number of halogens is 2. The SMILES string of the molecule is Cc1cc(S(=O)(=O)NCCO)c(Br)cc1Br. The summed E-state index contributed by atoms with van der Waals surface area (Å²) in [5.74, 6) is 0. The molecule has 16 heavy (non-hydrogen) atoms. The molecule has 2 N–H and O–H groups in total. The summed E-state index contributed by atoms with van der Waals surface area (Å²) in [7, 11) is -3.57. The predicted molar refractivity (Wildman–Crippen MR) is 68.9 cm³/mol. The normalized spacial score (nSPS) is 11.8. The number of aliphatic hydroxyl groups is 1. The summed E-state index contributed by atoms with van der Waals surface area (Å²) >= 11 is 6.51. The molecule has 4 nitrogen and oxygen atoms in total. The largest absolute Gasteiger partial charge is 0.395 e. The van der Waals surface area contributed by atoms with E-state index in [-0.39, 0.29) is 18.0 Å². The Balaban J connectivity index is 3.18. The summed E-state index contributed by atoms with van der Waals surface area (Å²) in [6.07, 6.45) is 0. The number of hydrogen-bond acceptors (Lipinski definition) is 3. The van der Waals surface area contributed by atoms with Crippen molar-refractivity contribution < 1.29 is 13.5 Å². The lowest BCUT2D eigenvalue weighted by atomic mass is 10.2. The molecule has 0 fully saturated rings. The van der Waals surface area contributed by atoms with Crippen LogP contribution in [0.1, 0.15) is 5.56 Å². The number of rotatable bonds is 4. The first kappa shape index (κ1) is 14.1. The molecule has 0 saturated heterocycles. The molecule has 0 aliphatic heterocycles. The van der Waals surface area contributed by atoms with Gasteiger partial charge in [-0.3, -0.25) is 0 Å². The predicted octanol–water partition coefficient (Wildman–Crippen LogP) is 1.79. The molecule has 1 aromatic rings. The van der Waals surface area contributed by atoms with Gasteiger partial charge in [-0.2, -0.15) is 0 Å². The molecule has 0 aliphatic carbocycles. The smallest absolute Gasteiger partial charge is 0.241 e. The van der Waals surface area contributed by atoms with Crippen molar-refractivity contribution >= 4 is 41.9 Å². The third kappa shape index (κ3) is 3.27. The molecule has 1 aromatic carbocycles. The van der Waals surface area contributed by atoms with Crippen LogP contribution in [0.3, 0.4) is 0 Å². The summed E-state index contributed by atoms with van der Waals surface area (Å²) in [5, 5.41) is 8.60. The summed E-state index contributed by atoms with van der Waals surface area (Å²) in [6, 6.07) is 3.25. The van der Waals surface area contributed by atoms with Crippen molar-refractivity contribution in [1.82, 2.24) is 4.72 Å². The molecule has 0 heterocycles. The fourth-order valence-corrected chi connectivity index (χ4v) is 3.89. The van der Waals surface area contributed by atoms with E-state index in [9.17, 15) is 8.42 Å². The van der Waals surface area contributed by atoms with Crippen molar-refractivity contribution in [3.05, 3.63) is 26.6 Å². The number of aliphatic hydroxyl groups excluding tert-OH is 1. The highest BCUT2D eigenvalue weighted by Gasteiger charge is 2.18. The van der Waals surface area contributed by atoms with Gasteiger partial charge in [-0.25, -0.2) is 13.1 Å². The highest BCUT2D eigenvalue weighted by atomic mass is 79.9. The highest BCUT2D eigenvalue weighted by molar-refractivity contribution is 9.11. The van der Waals surface area contributed by atoms with Gasteiger partial charge in [0.2, 0.25) is 10.0 Å². The molecule has 7 heteroatoms. The maximum atomic E-state index is 11.8. The van der Waals surface area contributed by atoms with E-state index < -0.39 is 10.0 Å². The maximum Gasteiger partial charge on any atom is 0.241 e. The number of hydrogen-bond donors (Lipinski definition) is 2. The molecule has 1 rings (SSSR count). The molecule has 0 atom stereocenters. The molecule has 90 valence electrons. The van der Waals surface area contributed by atoms with Gasteiger partial charge in [-0.15, -0.1) is 0 Å². The average Bonchev–Trinajstić information content (AvgIpc) is 2.20. The van der Waals surface area contributed by atoms with E-state index in [0.717, 1.165) is 10.0 Å². The second kappa shape index (κ2) is 5.59. The molecular weight excluding hydrogens is 362 g/mol. The van der Waals surface area contributed by atoms with E-state index in [1.165, 1.54) is 0 Å². The van der Waals surface area contributed by atoms with Crippen LogP contribution in [-0.4, -0.2) is 26.7 Å². The van der Waals surface area contributed by atoms with Gasteiger partial charge in [0.15, 0.2) is 0 Å². The number of benzene rings is 1. The molecule has 0 saturated carbocycles. The summed E-state index contributed by atoms with van der Waals surface area (Å²) in [6.45, 7) is 1.58. The fraction of sp³-hybridized carbons (Fsp3) is 0.333. The second-order valence-corrected chi connectivity index (χ2v) is 6.60. The van der Waals surface area contributed by atoms with Crippen LogP contribution in [0, 0.1) is 6.92 Å². The minimum atomic E-state index is -3.57. The number of nitrogens with one attached hydrogen (secondary N) is 1. The van der Waals surface area contributed by atoms with Gasteiger partial charge in [-0.1, -0.05) is 15.9 Å². The van der Waals surface area contributed by atoms with Gasteiger partial charge in [0.1, 0.15) is 0 Å². The van der Waals surface area contributed by atoms with Crippen LogP contribution in [0.25, 0.3) is 0 Å². The molecule has 0 aliphatic rings. The lowest BCUT2D eigenvalue weighted by molar-refractivity contribution is 0.301. The fourth-order valence-electron chi connectivity index (χ4n) is 1.09. The van der Waals surface area contributed by atoms with E-state index >= 15 is 0 Å². The maximum absolute atomic E-state index is 11.8. The van der Waals surface area contributed by atoms with E-state index in [1.807, 2.05) is 6.92 Å². The monoisotopic (exact) mass is 371 g/mol. The zero-order valence-corrected chi connectivity index (χ0v) is 12.5. The quantitative estimate of drug-likeness (QED) is 0.846. The van der Waals surface area contributed by atoms with Gasteiger partial charge in [-0.05, 0) is 40.5 Å². The Morgan fingerprint density at radius 1 is 1.31 bits per heavy atom. The first-order valence-electron chi connectivity index (χ1n) is 4.44. The molecule has 0 spiro atoms. The molecule has 0 aromatic heterocycles. The average molecular weight is 373 g/mol. The van der Waals surface area contributed by atoms with Crippen molar-refractivity contribution in [3.8, 4) is 0 Å². The van der Waals surface area contributed by atoms with E-state index in [2.05, 4.69) is 36.6 Å². The Kier molecular flexibility index (Phi) is 4.93. The van der Waals surface area contributed by atoms with Crippen molar-refractivity contribution in [1.29, 1.82) is 0 Å². The van der Waals surface area contributed by atoms with Crippen LogP contribution in [0.4, 0.5) is 0 Å². The highest BCUT2D eigenvalue weighted by Crippen LogP contribution is 2.28. The number of aryl methyl sites for hydroxylation is 1. The van der Waals surface area contributed by atoms with E-state index in [0.29, 0.717) is 4.47 Å². The zero-order chi connectivity index (χ0) is 12.3. The third-order valence-electron chi connectivity index (χ3n) is 1.91. The van der Waals surface area contributed by atoms with E-state index in [4.69, 9.17) is 5.11 Å². The van der Waals surface area contributed by atoms with Gasteiger partial charge in [0.25, 0.3) is 0 Å². The third-order valence-corrected chi connectivity index (χ3v) is 5.18. The molecule has 0 radical (unpaired) electrons. The molecule has 0 amide bonds. The molecular formula is C9H11Br2NO3S.